The predicted octanol–water partition coefficient (Wildman–Crippen LogP) is 3.41. The minimum Gasteiger partial charge on any atom is -0.324 e. The van der Waals surface area contributed by atoms with Gasteiger partial charge in [-0.05, 0) is 43.4 Å². The predicted molar refractivity (Wildman–Crippen MR) is 75.3 cm³/mol. The molecule has 0 bridgehead atoms. The van der Waals surface area contributed by atoms with E-state index in [1.54, 1.807) is 0 Å². The second-order valence-electron chi connectivity index (χ2n) is 4.66. The molecule has 2 aromatic rings. The van der Waals surface area contributed by atoms with E-state index in [0.29, 0.717) is 0 Å². The summed E-state index contributed by atoms with van der Waals surface area (Å²) >= 11 is 0. The van der Waals surface area contributed by atoms with Crippen LogP contribution in [0.15, 0.2) is 48.7 Å². The maximum atomic E-state index is 6.22. The van der Waals surface area contributed by atoms with E-state index in [9.17, 15) is 0 Å². The van der Waals surface area contributed by atoms with Crippen LogP contribution in [0.5, 0.6) is 0 Å². The quantitative estimate of drug-likeness (QED) is 0.869. The van der Waals surface area contributed by atoms with Gasteiger partial charge in [-0.1, -0.05) is 36.4 Å². The van der Waals surface area contributed by atoms with Crippen LogP contribution in [-0.2, 0) is 6.42 Å². The van der Waals surface area contributed by atoms with Gasteiger partial charge in [0.1, 0.15) is 0 Å². The van der Waals surface area contributed by atoms with Gasteiger partial charge in [0.2, 0.25) is 0 Å². The van der Waals surface area contributed by atoms with Gasteiger partial charge in [-0.3, -0.25) is 4.98 Å². The Hall–Kier alpha value is -1.67. The molecule has 0 aliphatic carbocycles. The average Bonchev–Trinajstić information content (AvgIpc) is 2.40. The molecule has 0 radical (unpaired) electrons. The van der Waals surface area contributed by atoms with Gasteiger partial charge < -0.3 is 5.73 Å². The number of aryl methyl sites for hydroxylation is 2. The number of aromatic nitrogens is 1. The Kier molecular flexibility index (Phi) is 4.48. The van der Waals surface area contributed by atoms with Crippen LogP contribution in [-0.4, -0.2) is 4.98 Å². The van der Waals surface area contributed by atoms with Crippen molar-refractivity contribution in [2.45, 2.75) is 32.2 Å². The van der Waals surface area contributed by atoms with Crippen molar-refractivity contribution in [2.75, 3.05) is 0 Å². The SMILES string of the molecule is Cc1ncccc1C(N)CCCc1ccccc1. The van der Waals surface area contributed by atoms with Gasteiger partial charge in [-0.2, -0.15) is 0 Å². The molecule has 94 valence electrons. The Morgan fingerprint density at radius 2 is 1.89 bits per heavy atom. The summed E-state index contributed by atoms with van der Waals surface area (Å²) in [6.45, 7) is 2.02. The lowest BCUT2D eigenvalue weighted by Crippen LogP contribution is -2.12. The Bertz CT molecular complexity index is 479. The molecule has 0 amide bonds. The van der Waals surface area contributed by atoms with E-state index in [4.69, 9.17) is 5.73 Å². The molecule has 1 aromatic heterocycles. The normalized spacial score (nSPS) is 12.3. The summed E-state index contributed by atoms with van der Waals surface area (Å²) < 4.78 is 0. The van der Waals surface area contributed by atoms with Crippen molar-refractivity contribution in [3.8, 4) is 0 Å². The first kappa shape index (κ1) is 12.8. The highest BCUT2D eigenvalue weighted by Gasteiger charge is 2.08. The zero-order valence-corrected chi connectivity index (χ0v) is 10.8. The summed E-state index contributed by atoms with van der Waals surface area (Å²) in [6, 6.07) is 14.7. The number of rotatable bonds is 5. The van der Waals surface area contributed by atoms with Crippen molar-refractivity contribution in [1.82, 2.24) is 4.98 Å². The van der Waals surface area contributed by atoms with Crippen LogP contribution in [0.4, 0.5) is 0 Å². The summed E-state index contributed by atoms with van der Waals surface area (Å²) in [5.74, 6) is 0. The smallest absolute Gasteiger partial charge is 0.0420 e. The molecule has 0 aliphatic heterocycles. The number of benzene rings is 1. The van der Waals surface area contributed by atoms with Crippen LogP contribution in [0, 0.1) is 6.92 Å². The van der Waals surface area contributed by atoms with E-state index in [0.717, 1.165) is 25.0 Å². The highest BCUT2D eigenvalue weighted by atomic mass is 14.7. The van der Waals surface area contributed by atoms with Gasteiger partial charge >= 0.3 is 0 Å². The largest absolute Gasteiger partial charge is 0.324 e. The second kappa shape index (κ2) is 6.31. The summed E-state index contributed by atoms with van der Waals surface area (Å²) in [4.78, 5) is 4.29. The van der Waals surface area contributed by atoms with Crippen LogP contribution in [0.1, 0.15) is 35.7 Å². The molecule has 2 rings (SSSR count). The van der Waals surface area contributed by atoms with Crippen LogP contribution in [0.3, 0.4) is 0 Å². The van der Waals surface area contributed by atoms with E-state index in [2.05, 4.69) is 35.3 Å². The first-order chi connectivity index (χ1) is 8.77. The lowest BCUT2D eigenvalue weighted by molar-refractivity contribution is 0.606. The highest BCUT2D eigenvalue weighted by Crippen LogP contribution is 2.19. The summed E-state index contributed by atoms with van der Waals surface area (Å²) in [5, 5.41) is 0. The number of hydrogen-bond donors (Lipinski definition) is 1. The fraction of sp³-hybridized carbons (Fsp3) is 0.312. The molecule has 2 nitrogen and oxygen atoms in total. The Labute approximate surface area is 109 Å². The molecular formula is C16H20N2. The molecule has 1 heterocycles. The number of nitrogens with two attached hydrogens (primary N) is 1. The minimum atomic E-state index is 0.0995. The van der Waals surface area contributed by atoms with Crippen molar-refractivity contribution >= 4 is 0 Å². The van der Waals surface area contributed by atoms with Crippen molar-refractivity contribution in [3.05, 3.63) is 65.5 Å². The molecule has 2 N–H and O–H groups in total. The molecular weight excluding hydrogens is 220 g/mol. The van der Waals surface area contributed by atoms with E-state index >= 15 is 0 Å². The van der Waals surface area contributed by atoms with Gasteiger partial charge in [0.05, 0.1) is 0 Å². The third kappa shape index (κ3) is 3.41. The van der Waals surface area contributed by atoms with Crippen molar-refractivity contribution in [1.29, 1.82) is 0 Å². The van der Waals surface area contributed by atoms with Gasteiger partial charge in [0.15, 0.2) is 0 Å². The fourth-order valence-electron chi connectivity index (χ4n) is 2.21. The van der Waals surface area contributed by atoms with Crippen LogP contribution < -0.4 is 5.73 Å². The topological polar surface area (TPSA) is 38.9 Å². The molecule has 1 unspecified atom stereocenters. The molecule has 1 atom stereocenters. The van der Waals surface area contributed by atoms with Gasteiger partial charge in [-0.25, -0.2) is 0 Å². The first-order valence-corrected chi connectivity index (χ1v) is 6.48. The lowest BCUT2D eigenvalue weighted by atomic mass is 9.99. The summed E-state index contributed by atoms with van der Waals surface area (Å²) in [5.41, 5.74) is 9.82. The monoisotopic (exact) mass is 240 g/mol. The number of nitrogens with zero attached hydrogens (tertiary/aromatic N) is 1. The van der Waals surface area contributed by atoms with Crippen LogP contribution in [0.25, 0.3) is 0 Å². The molecule has 1 aromatic carbocycles. The minimum absolute atomic E-state index is 0.0995. The molecule has 0 saturated heterocycles. The lowest BCUT2D eigenvalue weighted by Gasteiger charge is -2.13. The van der Waals surface area contributed by atoms with Crippen molar-refractivity contribution < 1.29 is 0 Å². The van der Waals surface area contributed by atoms with E-state index < -0.39 is 0 Å². The fourth-order valence-corrected chi connectivity index (χ4v) is 2.21. The van der Waals surface area contributed by atoms with E-state index in [1.165, 1.54) is 11.1 Å². The second-order valence-corrected chi connectivity index (χ2v) is 4.66. The van der Waals surface area contributed by atoms with Crippen molar-refractivity contribution in [2.24, 2.45) is 5.73 Å². The van der Waals surface area contributed by atoms with Crippen LogP contribution in [0.2, 0.25) is 0 Å². The van der Waals surface area contributed by atoms with Gasteiger partial charge in [-0.15, -0.1) is 0 Å². The summed E-state index contributed by atoms with van der Waals surface area (Å²) in [7, 11) is 0. The Morgan fingerprint density at radius 3 is 2.61 bits per heavy atom. The third-order valence-corrected chi connectivity index (χ3v) is 3.27. The average molecular weight is 240 g/mol. The van der Waals surface area contributed by atoms with E-state index in [-0.39, 0.29) is 6.04 Å². The molecule has 0 spiro atoms. The molecule has 0 aliphatic rings. The van der Waals surface area contributed by atoms with E-state index in [1.807, 2.05) is 25.3 Å². The molecule has 2 heteroatoms. The Balaban J connectivity index is 1.86. The zero-order valence-electron chi connectivity index (χ0n) is 10.8. The maximum absolute atomic E-state index is 6.22. The zero-order chi connectivity index (χ0) is 12.8. The van der Waals surface area contributed by atoms with Gasteiger partial charge in [0, 0.05) is 17.9 Å². The number of hydrogen-bond acceptors (Lipinski definition) is 2. The van der Waals surface area contributed by atoms with Crippen LogP contribution >= 0.6 is 0 Å². The van der Waals surface area contributed by atoms with Crippen molar-refractivity contribution in [3.63, 3.8) is 0 Å². The summed E-state index contributed by atoms with van der Waals surface area (Å²) in [6.07, 6.45) is 5.02. The molecule has 0 saturated carbocycles. The molecule has 18 heavy (non-hydrogen) atoms. The number of pyridine rings is 1. The maximum Gasteiger partial charge on any atom is 0.0420 e. The first-order valence-electron chi connectivity index (χ1n) is 6.48. The Morgan fingerprint density at radius 1 is 1.11 bits per heavy atom. The highest BCUT2D eigenvalue weighted by molar-refractivity contribution is 5.22. The third-order valence-electron chi connectivity index (χ3n) is 3.27. The standard InChI is InChI=1S/C16H20N2/c1-13-15(10-6-12-18-13)16(17)11-5-9-14-7-3-2-4-8-14/h2-4,6-8,10,12,16H,5,9,11,17H2,1H3. The van der Waals surface area contributed by atoms with Gasteiger partial charge in [0.25, 0.3) is 0 Å². The molecule has 0 fully saturated rings.